The van der Waals surface area contributed by atoms with Crippen molar-refractivity contribution in [2.24, 2.45) is 10.1 Å². The Labute approximate surface area is 156 Å². The molecule has 2 heterocycles. The highest BCUT2D eigenvalue weighted by molar-refractivity contribution is 7.89. The van der Waals surface area contributed by atoms with Gasteiger partial charge in [-0.05, 0) is 43.1 Å². The van der Waals surface area contributed by atoms with Crippen molar-refractivity contribution < 1.29 is 13.2 Å². The standard InChI is InChI=1S/C16H18ClN5O3S/c1-16(2,21-12-6-7-19-15(17)20-12)9-25-11-5-3-4-10-8-26(23,24)22-14(18)13(10)11/h3-7H,8-9H2,1-2H3,(H2,18,22)(H,19,20,21). The molecular formula is C16H18ClN5O3S. The van der Waals surface area contributed by atoms with Crippen LogP contribution in [0.5, 0.6) is 5.75 Å². The van der Waals surface area contributed by atoms with Crippen LogP contribution in [0, 0.1) is 0 Å². The number of hydrogen-bond acceptors (Lipinski definition) is 7. The molecule has 26 heavy (non-hydrogen) atoms. The SMILES string of the molecule is CC(C)(COc1cccc2c1C(N)=NS(=O)(=O)C2)Nc1ccnc(Cl)n1. The average molecular weight is 396 g/mol. The largest absolute Gasteiger partial charge is 0.490 e. The normalized spacial score (nSPS) is 15.7. The number of nitrogens with zero attached hydrogens (tertiary/aromatic N) is 3. The van der Waals surface area contributed by atoms with E-state index in [0.717, 1.165) is 0 Å². The maximum Gasteiger partial charge on any atom is 0.259 e. The van der Waals surface area contributed by atoms with Gasteiger partial charge in [-0.25, -0.2) is 18.4 Å². The highest BCUT2D eigenvalue weighted by atomic mass is 35.5. The second kappa shape index (κ2) is 6.73. The predicted molar refractivity (Wildman–Crippen MR) is 100 cm³/mol. The van der Waals surface area contributed by atoms with Gasteiger partial charge in [0.1, 0.15) is 24.0 Å². The van der Waals surface area contributed by atoms with Crippen molar-refractivity contribution in [1.82, 2.24) is 9.97 Å². The third-order valence-electron chi connectivity index (χ3n) is 3.63. The monoisotopic (exact) mass is 395 g/mol. The van der Waals surface area contributed by atoms with E-state index >= 15 is 0 Å². The second-order valence-electron chi connectivity index (χ2n) is 6.50. The Kier molecular flexibility index (Phi) is 4.76. The number of anilines is 1. The van der Waals surface area contributed by atoms with E-state index in [0.29, 0.717) is 22.7 Å². The highest BCUT2D eigenvalue weighted by Gasteiger charge is 2.26. The van der Waals surface area contributed by atoms with Crippen molar-refractivity contribution in [2.45, 2.75) is 25.1 Å². The molecule has 0 saturated heterocycles. The lowest BCUT2D eigenvalue weighted by molar-refractivity contribution is 0.255. The van der Waals surface area contributed by atoms with Gasteiger partial charge in [0.05, 0.1) is 16.9 Å². The summed E-state index contributed by atoms with van der Waals surface area (Å²) in [7, 11) is -3.58. The molecular weight excluding hydrogens is 378 g/mol. The maximum absolute atomic E-state index is 11.7. The van der Waals surface area contributed by atoms with Crippen LogP contribution in [0.1, 0.15) is 25.0 Å². The molecule has 1 aromatic carbocycles. The van der Waals surface area contributed by atoms with Crippen LogP contribution in [-0.2, 0) is 15.8 Å². The lowest BCUT2D eigenvalue weighted by atomic mass is 10.1. The third-order valence-corrected chi connectivity index (χ3v) is 4.96. The van der Waals surface area contributed by atoms with Crippen LogP contribution in [0.15, 0.2) is 34.9 Å². The number of fused-ring (bicyclic) bond motifs is 1. The number of aromatic nitrogens is 2. The van der Waals surface area contributed by atoms with Crippen molar-refractivity contribution in [3.63, 3.8) is 0 Å². The molecule has 1 aliphatic heterocycles. The van der Waals surface area contributed by atoms with E-state index in [1.807, 2.05) is 13.8 Å². The van der Waals surface area contributed by atoms with Crippen LogP contribution in [0.25, 0.3) is 0 Å². The summed E-state index contributed by atoms with van der Waals surface area (Å²) >= 11 is 5.80. The molecule has 0 atom stereocenters. The summed E-state index contributed by atoms with van der Waals surface area (Å²) in [6.45, 7) is 4.13. The number of benzene rings is 1. The number of halogens is 1. The fraction of sp³-hybridized carbons (Fsp3) is 0.312. The lowest BCUT2D eigenvalue weighted by Crippen LogP contribution is -2.38. The Morgan fingerprint density at radius 3 is 2.85 bits per heavy atom. The Balaban J connectivity index is 1.78. The van der Waals surface area contributed by atoms with Gasteiger partial charge in [-0.1, -0.05) is 12.1 Å². The molecule has 3 rings (SSSR count). The van der Waals surface area contributed by atoms with E-state index in [2.05, 4.69) is 19.7 Å². The van der Waals surface area contributed by atoms with Crippen LogP contribution in [-0.4, -0.2) is 36.4 Å². The van der Waals surface area contributed by atoms with Gasteiger partial charge >= 0.3 is 0 Å². The first kappa shape index (κ1) is 18.4. The summed E-state index contributed by atoms with van der Waals surface area (Å²) in [5.74, 6) is 0.798. The number of ether oxygens (including phenoxy) is 1. The predicted octanol–water partition coefficient (Wildman–Crippen LogP) is 1.95. The topological polar surface area (TPSA) is 120 Å². The van der Waals surface area contributed by atoms with E-state index in [1.165, 1.54) is 0 Å². The molecule has 0 amide bonds. The zero-order valence-electron chi connectivity index (χ0n) is 14.2. The quantitative estimate of drug-likeness (QED) is 0.742. The molecule has 0 spiro atoms. The summed E-state index contributed by atoms with van der Waals surface area (Å²) in [6.07, 6.45) is 1.56. The summed E-state index contributed by atoms with van der Waals surface area (Å²) in [5.41, 5.74) is 6.44. The van der Waals surface area contributed by atoms with Gasteiger partial charge in [-0.15, -0.1) is 4.40 Å². The van der Waals surface area contributed by atoms with Gasteiger partial charge in [0, 0.05) is 6.20 Å². The zero-order chi connectivity index (χ0) is 18.9. The smallest absolute Gasteiger partial charge is 0.259 e. The minimum Gasteiger partial charge on any atom is -0.490 e. The van der Waals surface area contributed by atoms with E-state index in [1.54, 1.807) is 30.5 Å². The molecule has 2 aromatic rings. The van der Waals surface area contributed by atoms with Crippen LogP contribution in [0.2, 0.25) is 5.28 Å². The number of nitrogens with two attached hydrogens (primary N) is 1. The molecule has 0 bridgehead atoms. The van der Waals surface area contributed by atoms with Crippen LogP contribution < -0.4 is 15.8 Å². The molecule has 0 radical (unpaired) electrons. The number of sulfonamides is 1. The lowest BCUT2D eigenvalue weighted by Gasteiger charge is -2.28. The highest BCUT2D eigenvalue weighted by Crippen LogP contribution is 2.29. The maximum atomic E-state index is 11.7. The van der Waals surface area contributed by atoms with Gasteiger partial charge in [0.2, 0.25) is 5.28 Å². The second-order valence-corrected chi connectivity index (χ2v) is 8.47. The van der Waals surface area contributed by atoms with Crippen molar-refractivity contribution >= 4 is 33.3 Å². The third kappa shape index (κ3) is 4.23. The first-order chi connectivity index (χ1) is 12.2. The fourth-order valence-corrected chi connectivity index (χ4v) is 3.81. The number of hydrogen-bond donors (Lipinski definition) is 2. The van der Waals surface area contributed by atoms with E-state index in [4.69, 9.17) is 22.1 Å². The van der Waals surface area contributed by atoms with E-state index < -0.39 is 15.6 Å². The Hall–Kier alpha value is -2.39. The molecule has 3 N–H and O–H groups in total. The first-order valence-electron chi connectivity index (χ1n) is 7.75. The van der Waals surface area contributed by atoms with Gasteiger partial charge in [-0.3, -0.25) is 0 Å². The first-order valence-corrected chi connectivity index (χ1v) is 9.74. The minimum atomic E-state index is -3.58. The molecule has 0 aliphatic carbocycles. The number of nitrogens with one attached hydrogen (secondary N) is 1. The molecule has 1 aromatic heterocycles. The number of amidine groups is 1. The van der Waals surface area contributed by atoms with Gasteiger partial charge < -0.3 is 15.8 Å². The fourth-order valence-electron chi connectivity index (χ4n) is 2.58. The Morgan fingerprint density at radius 1 is 1.35 bits per heavy atom. The van der Waals surface area contributed by atoms with Gasteiger partial charge in [0.25, 0.3) is 10.0 Å². The Morgan fingerprint density at radius 2 is 2.12 bits per heavy atom. The van der Waals surface area contributed by atoms with Crippen LogP contribution >= 0.6 is 11.6 Å². The summed E-state index contributed by atoms with van der Waals surface area (Å²) < 4.78 is 33.0. The molecule has 8 nitrogen and oxygen atoms in total. The summed E-state index contributed by atoms with van der Waals surface area (Å²) in [5, 5.41) is 3.36. The van der Waals surface area contributed by atoms with Crippen molar-refractivity contribution in [3.8, 4) is 5.75 Å². The molecule has 138 valence electrons. The molecule has 10 heteroatoms. The van der Waals surface area contributed by atoms with Gasteiger partial charge in [0.15, 0.2) is 0 Å². The molecule has 0 unspecified atom stereocenters. The van der Waals surface area contributed by atoms with Gasteiger partial charge in [-0.2, -0.15) is 0 Å². The summed E-state index contributed by atoms with van der Waals surface area (Å²) in [6, 6.07) is 6.87. The average Bonchev–Trinajstić information content (AvgIpc) is 2.51. The van der Waals surface area contributed by atoms with Crippen molar-refractivity contribution in [1.29, 1.82) is 0 Å². The molecule has 0 fully saturated rings. The van der Waals surface area contributed by atoms with Crippen molar-refractivity contribution in [3.05, 3.63) is 46.9 Å². The van der Waals surface area contributed by atoms with Crippen molar-refractivity contribution in [2.75, 3.05) is 11.9 Å². The number of rotatable bonds is 5. The minimum absolute atomic E-state index is 0.0600. The van der Waals surface area contributed by atoms with E-state index in [-0.39, 0.29) is 23.5 Å². The summed E-state index contributed by atoms with van der Waals surface area (Å²) in [4.78, 5) is 7.93. The van der Waals surface area contributed by atoms with Crippen LogP contribution in [0.3, 0.4) is 0 Å². The van der Waals surface area contributed by atoms with E-state index in [9.17, 15) is 8.42 Å². The Bertz CT molecular complexity index is 976. The van der Waals surface area contributed by atoms with Crippen LogP contribution in [0.4, 0.5) is 5.82 Å². The molecule has 0 saturated carbocycles. The zero-order valence-corrected chi connectivity index (χ0v) is 15.8. The molecule has 1 aliphatic rings.